The van der Waals surface area contributed by atoms with Crippen molar-refractivity contribution < 1.29 is 13.5 Å². The Hall–Kier alpha value is -1.11. The normalized spacial score (nSPS) is 21.4. The number of rotatable bonds is 2. The van der Waals surface area contributed by atoms with E-state index >= 15 is 0 Å². The second-order valence-electron chi connectivity index (χ2n) is 4.76. The molecule has 0 saturated carbocycles. The maximum absolute atomic E-state index is 12.4. The Balaban J connectivity index is 2.42. The van der Waals surface area contributed by atoms with Gasteiger partial charge < -0.3 is 10.8 Å². The fourth-order valence-corrected chi connectivity index (χ4v) is 3.69. The molecule has 1 aromatic carbocycles. The van der Waals surface area contributed by atoms with Gasteiger partial charge in [0.25, 0.3) is 0 Å². The van der Waals surface area contributed by atoms with Gasteiger partial charge in [-0.1, -0.05) is 0 Å². The van der Waals surface area contributed by atoms with E-state index in [-0.39, 0.29) is 11.4 Å². The van der Waals surface area contributed by atoms with Crippen LogP contribution in [0.15, 0.2) is 17.0 Å². The van der Waals surface area contributed by atoms with Crippen LogP contribution in [0.1, 0.15) is 17.5 Å². The van der Waals surface area contributed by atoms with Crippen molar-refractivity contribution in [2.75, 3.05) is 18.8 Å². The first-order chi connectivity index (χ1) is 8.32. The molecule has 18 heavy (non-hydrogen) atoms. The van der Waals surface area contributed by atoms with Crippen LogP contribution in [-0.4, -0.2) is 37.0 Å². The number of anilines is 1. The largest absolute Gasteiger partial charge is 0.398 e. The topological polar surface area (TPSA) is 83.6 Å². The summed E-state index contributed by atoms with van der Waals surface area (Å²) in [5.74, 6) is 0. The van der Waals surface area contributed by atoms with Gasteiger partial charge in [-0.2, -0.15) is 4.31 Å². The zero-order valence-electron chi connectivity index (χ0n) is 10.5. The molecule has 3 N–H and O–H groups in total. The van der Waals surface area contributed by atoms with E-state index in [9.17, 15) is 13.5 Å². The lowest BCUT2D eigenvalue weighted by atomic mass is 10.1. The summed E-state index contributed by atoms with van der Waals surface area (Å²) in [6.45, 7) is 4.22. The van der Waals surface area contributed by atoms with Crippen molar-refractivity contribution in [3.8, 4) is 0 Å². The molecular formula is C12H18N2O3S. The Morgan fingerprint density at radius 3 is 2.56 bits per heavy atom. The summed E-state index contributed by atoms with van der Waals surface area (Å²) < 4.78 is 26.0. The highest BCUT2D eigenvalue weighted by atomic mass is 32.2. The molecule has 0 radical (unpaired) electrons. The van der Waals surface area contributed by atoms with Crippen molar-refractivity contribution in [2.24, 2.45) is 0 Å². The Labute approximate surface area is 107 Å². The molecule has 1 saturated heterocycles. The van der Waals surface area contributed by atoms with Crippen LogP contribution in [-0.2, 0) is 10.0 Å². The van der Waals surface area contributed by atoms with Gasteiger partial charge in [-0.3, -0.25) is 0 Å². The summed E-state index contributed by atoms with van der Waals surface area (Å²) in [7, 11) is -3.54. The molecule has 0 aliphatic carbocycles. The predicted octanol–water partition coefficient (Wildman–Crippen LogP) is 0.641. The van der Waals surface area contributed by atoms with Crippen LogP contribution in [0, 0.1) is 13.8 Å². The molecule has 1 fully saturated rings. The third-order valence-corrected chi connectivity index (χ3v) is 5.29. The van der Waals surface area contributed by atoms with Crippen LogP contribution in [0.5, 0.6) is 0 Å². The fraction of sp³-hybridized carbons (Fsp3) is 0.500. The predicted molar refractivity (Wildman–Crippen MR) is 69.7 cm³/mol. The van der Waals surface area contributed by atoms with E-state index in [0.717, 1.165) is 11.1 Å². The van der Waals surface area contributed by atoms with E-state index in [2.05, 4.69) is 0 Å². The molecule has 100 valence electrons. The number of hydrogen-bond donors (Lipinski definition) is 2. The Morgan fingerprint density at radius 1 is 1.39 bits per heavy atom. The van der Waals surface area contributed by atoms with Crippen LogP contribution in [0.3, 0.4) is 0 Å². The zero-order chi connectivity index (χ0) is 13.5. The molecule has 1 heterocycles. The van der Waals surface area contributed by atoms with Gasteiger partial charge in [-0.15, -0.1) is 0 Å². The van der Waals surface area contributed by atoms with Crippen LogP contribution >= 0.6 is 0 Å². The number of aryl methyl sites for hydroxylation is 1. The third-order valence-electron chi connectivity index (χ3n) is 3.44. The van der Waals surface area contributed by atoms with Crippen molar-refractivity contribution in [3.05, 3.63) is 23.3 Å². The average molecular weight is 270 g/mol. The molecule has 0 aromatic heterocycles. The smallest absolute Gasteiger partial charge is 0.243 e. The van der Waals surface area contributed by atoms with E-state index in [1.54, 1.807) is 6.07 Å². The molecule has 1 aliphatic heterocycles. The lowest BCUT2D eigenvalue weighted by Gasteiger charge is -2.17. The number of β-amino-alcohol motifs (C(OH)–C–C–N with tert-alkyl or cyclic N) is 1. The molecule has 0 bridgehead atoms. The van der Waals surface area contributed by atoms with Gasteiger partial charge in [0.15, 0.2) is 0 Å². The van der Waals surface area contributed by atoms with E-state index in [0.29, 0.717) is 18.7 Å². The number of nitrogens with two attached hydrogens (primary N) is 1. The molecule has 0 amide bonds. The van der Waals surface area contributed by atoms with Gasteiger partial charge in [0.1, 0.15) is 0 Å². The first-order valence-electron chi connectivity index (χ1n) is 5.87. The van der Waals surface area contributed by atoms with Crippen molar-refractivity contribution in [1.82, 2.24) is 4.31 Å². The van der Waals surface area contributed by atoms with E-state index in [4.69, 9.17) is 5.73 Å². The van der Waals surface area contributed by atoms with E-state index in [1.807, 2.05) is 13.8 Å². The van der Waals surface area contributed by atoms with E-state index < -0.39 is 16.1 Å². The molecule has 6 heteroatoms. The molecular weight excluding hydrogens is 252 g/mol. The van der Waals surface area contributed by atoms with Gasteiger partial charge in [0.05, 0.1) is 11.0 Å². The Morgan fingerprint density at radius 2 is 2.06 bits per heavy atom. The molecule has 1 aromatic rings. The van der Waals surface area contributed by atoms with Gasteiger partial charge in [0.2, 0.25) is 10.0 Å². The highest BCUT2D eigenvalue weighted by Gasteiger charge is 2.31. The monoisotopic (exact) mass is 270 g/mol. The minimum Gasteiger partial charge on any atom is -0.398 e. The highest BCUT2D eigenvalue weighted by Crippen LogP contribution is 2.26. The third kappa shape index (κ3) is 2.23. The van der Waals surface area contributed by atoms with Crippen molar-refractivity contribution >= 4 is 15.7 Å². The second kappa shape index (κ2) is 4.53. The standard InChI is InChI=1S/C12H18N2O3S/c1-8-5-11(6-12(13)9(8)2)18(16,17)14-4-3-10(15)7-14/h5-6,10,15H,3-4,7,13H2,1-2H3. The minimum atomic E-state index is -3.54. The molecule has 1 atom stereocenters. The molecule has 1 aliphatic rings. The summed E-state index contributed by atoms with van der Waals surface area (Å²) in [5, 5.41) is 9.43. The molecule has 2 rings (SSSR count). The van der Waals surface area contributed by atoms with E-state index in [1.165, 1.54) is 10.4 Å². The first-order valence-corrected chi connectivity index (χ1v) is 7.31. The number of aliphatic hydroxyl groups excluding tert-OH is 1. The minimum absolute atomic E-state index is 0.162. The van der Waals surface area contributed by atoms with Gasteiger partial charge in [-0.25, -0.2) is 8.42 Å². The van der Waals surface area contributed by atoms with Crippen LogP contribution in [0.4, 0.5) is 5.69 Å². The average Bonchev–Trinajstić information content (AvgIpc) is 2.72. The molecule has 0 spiro atoms. The van der Waals surface area contributed by atoms with Crippen LogP contribution in [0.2, 0.25) is 0 Å². The number of benzene rings is 1. The SMILES string of the molecule is Cc1cc(S(=O)(=O)N2CCC(O)C2)cc(N)c1C. The van der Waals surface area contributed by atoms with Crippen molar-refractivity contribution in [1.29, 1.82) is 0 Å². The van der Waals surface area contributed by atoms with Gasteiger partial charge >= 0.3 is 0 Å². The zero-order valence-corrected chi connectivity index (χ0v) is 11.4. The number of aliphatic hydroxyl groups is 1. The molecule has 1 unspecified atom stereocenters. The lowest BCUT2D eigenvalue weighted by Crippen LogP contribution is -2.29. The van der Waals surface area contributed by atoms with Crippen LogP contribution in [0.25, 0.3) is 0 Å². The summed E-state index contributed by atoms with van der Waals surface area (Å²) in [5.41, 5.74) is 8.05. The van der Waals surface area contributed by atoms with Crippen molar-refractivity contribution in [2.45, 2.75) is 31.3 Å². The Bertz CT molecular complexity index is 546. The lowest BCUT2D eigenvalue weighted by molar-refractivity contribution is 0.189. The quantitative estimate of drug-likeness (QED) is 0.773. The number of hydrogen-bond acceptors (Lipinski definition) is 4. The van der Waals surface area contributed by atoms with Crippen molar-refractivity contribution in [3.63, 3.8) is 0 Å². The molecule has 5 nitrogen and oxygen atoms in total. The Kier molecular flexibility index (Phi) is 3.35. The highest BCUT2D eigenvalue weighted by molar-refractivity contribution is 7.89. The van der Waals surface area contributed by atoms with Crippen LogP contribution < -0.4 is 5.73 Å². The summed E-state index contributed by atoms with van der Waals surface area (Å²) in [6.07, 6.45) is -0.0804. The number of nitrogen functional groups attached to an aromatic ring is 1. The summed E-state index contributed by atoms with van der Waals surface area (Å²) >= 11 is 0. The fourth-order valence-electron chi connectivity index (χ4n) is 2.08. The first kappa shape index (κ1) is 13.3. The second-order valence-corrected chi connectivity index (χ2v) is 6.70. The maximum atomic E-state index is 12.4. The number of sulfonamides is 1. The summed E-state index contributed by atoms with van der Waals surface area (Å²) in [6, 6.07) is 3.12. The number of nitrogens with zero attached hydrogens (tertiary/aromatic N) is 1. The maximum Gasteiger partial charge on any atom is 0.243 e. The van der Waals surface area contributed by atoms with Gasteiger partial charge in [0, 0.05) is 18.8 Å². The van der Waals surface area contributed by atoms with Gasteiger partial charge in [-0.05, 0) is 43.5 Å². The summed E-state index contributed by atoms with van der Waals surface area (Å²) in [4.78, 5) is 0.206.